The summed E-state index contributed by atoms with van der Waals surface area (Å²) < 4.78 is 15.4. The van der Waals surface area contributed by atoms with Crippen molar-refractivity contribution in [1.29, 1.82) is 0 Å². The van der Waals surface area contributed by atoms with Crippen LogP contribution in [0.3, 0.4) is 0 Å². The molecule has 0 aliphatic heterocycles. The highest BCUT2D eigenvalue weighted by atomic mass is 19.1. The van der Waals surface area contributed by atoms with Crippen LogP contribution in [0.1, 0.15) is 21.5 Å². The second-order valence-electron chi connectivity index (χ2n) is 5.89. The highest BCUT2D eigenvalue weighted by Crippen LogP contribution is 2.18. The molecule has 1 heterocycles. The van der Waals surface area contributed by atoms with E-state index in [1.807, 2.05) is 26.0 Å². The summed E-state index contributed by atoms with van der Waals surface area (Å²) in [7, 11) is 1.61. The highest BCUT2D eigenvalue weighted by molar-refractivity contribution is 6.06. The van der Waals surface area contributed by atoms with E-state index in [4.69, 9.17) is 0 Å². The first-order valence-corrected chi connectivity index (χ1v) is 7.55. The number of carbonyl (C=O) groups excluding carboxylic acids is 1. The first-order chi connectivity index (χ1) is 11.4. The molecule has 1 N–H and O–H groups in total. The molecule has 3 rings (SSSR count). The number of benzene rings is 2. The van der Waals surface area contributed by atoms with Gasteiger partial charge in [-0.1, -0.05) is 23.8 Å². The lowest BCUT2D eigenvalue weighted by atomic mass is 10.1. The van der Waals surface area contributed by atoms with Gasteiger partial charge in [0.15, 0.2) is 0 Å². The smallest absolute Gasteiger partial charge is 0.261 e. The fourth-order valence-electron chi connectivity index (χ4n) is 2.82. The molecule has 0 spiro atoms. The fraction of sp³-hybridized carbons (Fsp3) is 0.158. The van der Waals surface area contributed by atoms with Gasteiger partial charge in [0.25, 0.3) is 5.91 Å². The van der Waals surface area contributed by atoms with Gasteiger partial charge in [-0.05, 0) is 37.6 Å². The molecule has 0 saturated heterocycles. The number of pyridine rings is 1. The van der Waals surface area contributed by atoms with Crippen molar-refractivity contribution in [1.82, 2.24) is 4.57 Å². The Morgan fingerprint density at radius 1 is 1.17 bits per heavy atom. The van der Waals surface area contributed by atoms with E-state index in [9.17, 15) is 14.0 Å². The first kappa shape index (κ1) is 15.9. The van der Waals surface area contributed by atoms with Crippen LogP contribution in [0.15, 0.2) is 47.4 Å². The second kappa shape index (κ2) is 5.92. The van der Waals surface area contributed by atoms with Crippen molar-refractivity contribution in [2.75, 3.05) is 5.32 Å². The van der Waals surface area contributed by atoms with E-state index < -0.39 is 17.2 Å². The molecule has 0 unspecified atom stereocenters. The third-order valence-electron chi connectivity index (χ3n) is 4.03. The molecule has 0 aliphatic rings. The average molecular weight is 324 g/mol. The number of nitrogens with zero attached hydrogens (tertiary/aromatic N) is 1. The molecule has 1 amide bonds. The maximum absolute atomic E-state index is 13.9. The number of amides is 1. The second-order valence-corrected chi connectivity index (χ2v) is 5.89. The van der Waals surface area contributed by atoms with Gasteiger partial charge < -0.3 is 9.88 Å². The molecule has 5 heteroatoms. The van der Waals surface area contributed by atoms with Crippen LogP contribution in [0, 0.1) is 19.7 Å². The highest BCUT2D eigenvalue weighted by Gasteiger charge is 2.17. The summed E-state index contributed by atoms with van der Waals surface area (Å²) in [5.41, 5.74) is 2.33. The van der Waals surface area contributed by atoms with Gasteiger partial charge >= 0.3 is 0 Å². The zero-order chi connectivity index (χ0) is 17.4. The first-order valence-electron chi connectivity index (χ1n) is 7.55. The zero-order valence-corrected chi connectivity index (χ0v) is 13.7. The number of carbonyl (C=O) groups is 1. The molecular formula is C19H17FN2O2. The Labute approximate surface area is 138 Å². The van der Waals surface area contributed by atoms with E-state index in [0.717, 1.165) is 11.1 Å². The van der Waals surface area contributed by atoms with Crippen molar-refractivity contribution in [3.05, 3.63) is 75.3 Å². The van der Waals surface area contributed by atoms with Crippen LogP contribution in [0.2, 0.25) is 0 Å². The molecule has 0 aliphatic carbocycles. The number of nitrogens with one attached hydrogen (secondary N) is 1. The van der Waals surface area contributed by atoms with Crippen LogP contribution < -0.4 is 10.7 Å². The molecule has 0 bridgehead atoms. The molecule has 1 aromatic heterocycles. The van der Waals surface area contributed by atoms with Crippen molar-refractivity contribution < 1.29 is 9.18 Å². The lowest BCUT2D eigenvalue weighted by Gasteiger charge is -2.12. The number of aryl methyl sites for hydroxylation is 3. The molecule has 4 nitrogen and oxygen atoms in total. The van der Waals surface area contributed by atoms with Gasteiger partial charge in [-0.3, -0.25) is 9.59 Å². The van der Waals surface area contributed by atoms with Gasteiger partial charge in [-0.2, -0.15) is 0 Å². The van der Waals surface area contributed by atoms with Crippen molar-refractivity contribution in [3.8, 4) is 0 Å². The quantitative estimate of drug-likeness (QED) is 0.784. The Morgan fingerprint density at radius 3 is 2.62 bits per heavy atom. The summed E-state index contributed by atoms with van der Waals surface area (Å²) >= 11 is 0. The lowest BCUT2D eigenvalue weighted by molar-refractivity contribution is 0.102. The van der Waals surface area contributed by atoms with Crippen LogP contribution in [-0.2, 0) is 7.05 Å². The van der Waals surface area contributed by atoms with E-state index in [1.54, 1.807) is 13.1 Å². The molecule has 122 valence electrons. The van der Waals surface area contributed by atoms with E-state index in [-0.39, 0.29) is 16.5 Å². The monoisotopic (exact) mass is 324 g/mol. The van der Waals surface area contributed by atoms with Crippen molar-refractivity contribution in [2.24, 2.45) is 7.05 Å². The van der Waals surface area contributed by atoms with Crippen molar-refractivity contribution in [2.45, 2.75) is 13.8 Å². The number of para-hydroxylation sites is 1. The molecule has 0 radical (unpaired) electrons. The summed E-state index contributed by atoms with van der Waals surface area (Å²) in [5, 5.41) is 2.94. The standard InChI is InChI=1S/C19H17FN2O2/c1-11-7-8-16(12(2)9-11)21-19(24)14-10-22(3)17-13(18(14)23)5-4-6-15(17)20/h4-10H,1-3H3,(H,21,24). The minimum absolute atomic E-state index is 0.0180. The normalized spacial score (nSPS) is 10.8. The third-order valence-corrected chi connectivity index (χ3v) is 4.03. The summed E-state index contributed by atoms with van der Waals surface area (Å²) in [4.78, 5) is 25.1. The minimum atomic E-state index is -0.506. The number of anilines is 1. The topological polar surface area (TPSA) is 51.1 Å². The Balaban J connectivity index is 2.08. The molecule has 0 atom stereocenters. The van der Waals surface area contributed by atoms with Gasteiger partial charge in [0, 0.05) is 24.3 Å². The Morgan fingerprint density at radius 2 is 1.92 bits per heavy atom. The SMILES string of the molecule is Cc1ccc(NC(=O)c2cn(C)c3c(F)cccc3c2=O)c(C)c1. The van der Waals surface area contributed by atoms with Gasteiger partial charge in [-0.25, -0.2) is 4.39 Å². The zero-order valence-electron chi connectivity index (χ0n) is 13.7. The molecule has 0 fully saturated rings. The predicted octanol–water partition coefficient (Wildman–Crippen LogP) is 3.55. The Hall–Kier alpha value is -2.95. The molecule has 3 aromatic rings. The largest absolute Gasteiger partial charge is 0.347 e. The maximum Gasteiger partial charge on any atom is 0.261 e. The summed E-state index contributed by atoms with van der Waals surface area (Å²) in [6.45, 7) is 3.85. The summed E-state index contributed by atoms with van der Waals surface area (Å²) in [5.74, 6) is -0.998. The van der Waals surface area contributed by atoms with Gasteiger partial charge in [0.1, 0.15) is 11.4 Å². The predicted molar refractivity (Wildman–Crippen MR) is 93.0 cm³/mol. The van der Waals surface area contributed by atoms with Crippen LogP contribution in [0.5, 0.6) is 0 Å². The van der Waals surface area contributed by atoms with Crippen LogP contribution >= 0.6 is 0 Å². The molecule has 2 aromatic carbocycles. The summed E-state index contributed by atoms with van der Waals surface area (Å²) in [6, 6.07) is 9.91. The number of hydrogen-bond acceptors (Lipinski definition) is 2. The van der Waals surface area contributed by atoms with E-state index in [2.05, 4.69) is 5.32 Å². The van der Waals surface area contributed by atoms with Gasteiger partial charge in [0.2, 0.25) is 5.43 Å². The van der Waals surface area contributed by atoms with E-state index >= 15 is 0 Å². The number of rotatable bonds is 2. The van der Waals surface area contributed by atoms with Gasteiger partial charge in [0.05, 0.1) is 5.52 Å². The van der Waals surface area contributed by atoms with Crippen LogP contribution in [-0.4, -0.2) is 10.5 Å². The maximum atomic E-state index is 13.9. The van der Waals surface area contributed by atoms with Crippen LogP contribution in [0.4, 0.5) is 10.1 Å². The number of aromatic nitrogens is 1. The average Bonchev–Trinajstić information content (AvgIpc) is 2.53. The fourth-order valence-corrected chi connectivity index (χ4v) is 2.82. The Bertz CT molecular complexity index is 1020. The van der Waals surface area contributed by atoms with Crippen LogP contribution in [0.25, 0.3) is 10.9 Å². The van der Waals surface area contributed by atoms with E-state index in [0.29, 0.717) is 5.69 Å². The molecule has 0 saturated carbocycles. The third kappa shape index (κ3) is 2.69. The van der Waals surface area contributed by atoms with E-state index in [1.165, 1.54) is 29.0 Å². The lowest BCUT2D eigenvalue weighted by Crippen LogP contribution is -2.24. The van der Waals surface area contributed by atoms with Gasteiger partial charge in [-0.15, -0.1) is 0 Å². The number of fused-ring (bicyclic) bond motifs is 1. The minimum Gasteiger partial charge on any atom is -0.347 e. The number of hydrogen-bond donors (Lipinski definition) is 1. The number of halogens is 1. The molecule has 24 heavy (non-hydrogen) atoms. The molecular weight excluding hydrogens is 307 g/mol. The van der Waals surface area contributed by atoms with Crippen molar-refractivity contribution in [3.63, 3.8) is 0 Å². The summed E-state index contributed by atoms with van der Waals surface area (Å²) in [6.07, 6.45) is 1.37. The van der Waals surface area contributed by atoms with Crippen molar-refractivity contribution >= 4 is 22.5 Å². The Kier molecular flexibility index (Phi) is 3.93.